The van der Waals surface area contributed by atoms with Gasteiger partial charge in [0.25, 0.3) is 5.91 Å². The minimum atomic E-state index is -0.164. The van der Waals surface area contributed by atoms with Gasteiger partial charge in [0, 0.05) is 30.0 Å². The second-order valence-corrected chi connectivity index (χ2v) is 7.14. The Morgan fingerprint density at radius 3 is 2.57 bits per heavy atom. The Labute approximate surface area is 179 Å². The summed E-state index contributed by atoms with van der Waals surface area (Å²) < 4.78 is 7.82. The summed E-state index contributed by atoms with van der Waals surface area (Å²) >= 11 is 5.95. The van der Waals surface area contributed by atoms with E-state index in [9.17, 15) is 4.79 Å². The lowest BCUT2D eigenvalue weighted by molar-refractivity contribution is -0.115. The molecule has 0 aliphatic rings. The van der Waals surface area contributed by atoms with Gasteiger partial charge in [0.2, 0.25) is 0 Å². The van der Waals surface area contributed by atoms with Crippen LogP contribution in [0.4, 0.5) is 0 Å². The van der Waals surface area contributed by atoms with Gasteiger partial charge in [-0.15, -0.1) is 0 Å². The van der Waals surface area contributed by atoms with Crippen molar-refractivity contribution in [2.45, 2.75) is 6.61 Å². The second kappa shape index (κ2) is 8.84. The van der Waals surface area contributed by atoms with Crippen LogP contribution in [0.5, 0.6) is 5.75 Å². The maximum Gasteiger partial charge on any atom is 0.251 e. The van der Waals surface area contributed by atoms with E-state index in [1.807, 2.05) is 77.5 Å². The van der Waals surface area contributed by atoms with E-state index in [2.05, 4.69) is 10.3 Å². The third-order valence-electron chi connectivity index (χ3n) is 4.62. The number of carbonyl (C=O) groups is 1. The monoisotopic (exact) mass is 417 g/mol. The van der Waals surface area contributed by atoms with Gasteiger partial charge in [0.15, 0.2) is 0 Å². The summed E-state index contributed by atoms with van der Waals surface area (Å²) in [4.78, 5) is 16.9. The number of carbonyl (C=O) groups excluding carboxylic acids is 1. The molecule has 1 amide bonds. The first-order chi connectivity index (χ1) is 14.6. The molecule has 5 nitrogen and oxygen atoms in total. The van der Waals surface area contributed by atoms with Gasteiger partial charge in [-0.05, 0) is 53.6 Å². The fourth-order valence-electron chi connectivity index (χ4n) is 3.09. The van der Waals surface area contributed by atoms with Crippen molar-refractivity contribution < 1.29 is 9.53 Å². The van der Waals surface area contributed by atoms with Crippen LogP contribution in [0.25, 0.3) is 17.3 Å². The number of ether oxygens (including phenoxy) is 1. The molecule has 4 rings (SSSR count). The number of imidazole rings is 1. The van der Waals surface area contributed by atoms with E-state index in [-0.39, 0.29) is 5.91 Å². The van der Waals surface area contributed by atoms with Gasteiger partial charge < -0.3 is 14.5 Å². The molecule has 0 atom stereocenters. The molecule has 0 fully saturated rings. The van der Waals surface area contributed by atoms with Crippen molar-refractivity contribution >= 4 is 34.8 Å². The summed E-state index contributed by atoms with van der Waals surface area (Å²) in [7, 11) is 1.62. The highest BCUT2D eigenvalue weighted by atomic mass is 35.5. The molecule has 0 saturated carbocycles. The van der Waals surface area contributed by atoms with Gasteiger partial charge in [-0.3, -0.25) is 4.79 Å². The second-order valence-electron chi connectivity index (χ2n) is 6.70. The Hall–Kier alpha value is -3.57. The van der Waals surface area contributed by atoms with Crippen LogP contribution in [0.2, 0.25) is 5.02 Å². The van der Waals surface area contributed by atoms with Crippen LogP contribution in [0.1, 0.15) is 16.8 Å². The van der Waals surface area contributed by atoms with Gasteiger partial charge in [0.05, 0.1) is 5.69 Å². The number of aromatic nitrogens is 2. The molecule has 0 spiro atoms. The van der Waals surface area contributed by atoms with E-state index >= 15 is 0 Å². The minimum Gasteiger partial charge on any atom is -0.487 e. The van der Waals surface area contributed by atoms with Gasteiger partial charge in [-0.1, -0.05) is 41.9 Å². The molecule has 150 valence electrons. The number of halogens is 1. The molecule has 2 aromatic heterocycles. The number of hydrogen-bond acceptors (Lipinski definition) is 3. The van der Waals surface area contributed by atoms with Crippen molar-refractivity contribution in [2.75, 3.05) is 7.05 Å². The van der Waals surface area contributed by atoms with E-state index in [0.717, 1.165) is 22.5 Å². The number of nitrogens with one attached hydrogen (secondary N) is 1. The highest BCUT2D eigenvalue weighted by Gasteiger charge is 2.11. The summed E-state index contributed by atoms with van der Waals surface area (Å²) in [6, 6.07) is 20.6. The normalized spacial score (nSPS) is 11.5. The maximum absolute atomic E-state index is 12.4. The molecule has 0 saturated heterocycles. The summed E-state index contributed by atoms with van der Waals surface area (Å²) in [6.07, 6.45) is 5.73. The van der Waals surface area contributed by atoms with Crippen molar-refractivity contribution in [3.05, 3.63) is 101 Å². The van der Waals surface area contributed by atoms with E-state index in [0.29, 0.717) is 23.0 Å². The Morgan fingerprint density at radius 1 is 1.10 bits per heavy atom. The highest BCUT2D eigenvalue weighted by molar-refractivity contribution is 6.30. The first kappa shape index (κ1) is 19.7. The Kier molecular flexibility index (Phi) is 5.82. The highest BCUT2D eigenvalue weighted by Crippen LogP contribution is 2.23. The van der Waals surface area contributed by atoms with Crippen molar-refractivity contribution in [3.8, 4) is 5.75 Å². The van der Waals surface area contributed by atoms with Crippen molar-refractivity contribution in [1.29, 1.82) is 0 Å². The zero-order valence-electron chi connectivity index (χ0n) is 16.4. The lowest BCUT2D eigenvalue weighted by Gasteiger charge is -2.09. The number of pyridine rings is 1. The topological polar surface area (TPSA) is 55.6 Å². The Bertz CT molecular complexity index is 1160. The zero-order chi connectivity index (χ0) is 20.9. The average molecular weight is 418 g/mol. The van der Waals surface area contributed by atoms with Gasteiger partial charge in [-0.2, -0.15) is 0 Å². The van der Waals surface area contributed by atoms with Crippen molar-refractivity contribution in [2.24, 2.45) is 0 Å². The standard InChI is InChI=1S/C24H20ClN3O2/c1-26-24(29)22(14-17-5-9-19(25)10-6-17)18-7-11-21(12-8-18)30-16-20-15-28-13-3-2-4-23(28)27-20/h2-15H,16H2,1H3,(H,26,29)/b22-14+. The Morgan fingerprint density at radius 2 is 1.87 bits per heavy atom. The summed E-state index contributed by atoms with van der Waals surface area (Å²) in [5, 5.41) is 3.35. The smallest absolute Gasteiger partial charge is 0.251 e. The van der Waals surface area contributed by atoms with Gasteiger partial charge in [0.1, 0.15) is 18.0 Å². The van der Waals surface area contributed by atoms with Crippen LogP contribution < -0.4 is 10.1 Å². The van der Waals surface area contributed by atoms with Crippen molar-refractivity contribution in [1.82, 2.24) is 14.7 Å². The first-order valence-corrected chi connectivity index (χ1v) is 9.85. The zero-order valence-corrected chi connectivity index (χ0v) is 17.1. The molecule has 4 aromatic rings. The lowest BCUT2D eigenvalue weighted by Crippen LogP contribution is -2.19. The molecule has 0 radical (unpaired) electrons. The number of fused-ring (bicyclic) bond motifs is 1. The van der Waals surface area contributed by atoms with Crippen molar-refractivity contribution in [3.63, 3.8) is 0 Å². The predicted molar refractivity (Wildman–Crippen MR) is 119 cm³/mol. The minimum absolute atomic E-state index is 0.164. The molecule has 0 aliphatic carbocycles. The number of likely N-dealkylation sites (N-methyl/N-ethyl adjacent to an activating group) is 1. The summed E-state index contributed by atoms with van der Waals surface area (Å²) in [5.74, 6) is 0.543. The average Bonchev–Trinajstić information content (AvgIpc) is 3.20. The molecular formula is C24H20ClN3O2. The largest absolute Gasteiger partial charge is 0.487 e. The van der Waals surface area contributed by atoms with E-state index in [1.54, 1.807) is 19.2 Å². The third kappa shape index (κ3) is 4.53. The summed E-state index contributed by atoms with van der Waals surface area (Å²) in [5.41, 5.74) is 3.98. The first-order valence-electron chi connectivity index (χ1n) is 9.47. The van der Waals surface area contributed by atoms with Crippen LogP contribution in [0.15, 0.2) is 79.1 Å². The van der Waals surface area contributed by atoms with Crippen LogP contribution >= 0.6 is 11.6 Å². The molecule has 0 bridgehead atoms. The molecule has 1 N–H and O–H groups in total. The fraction of sp³-hybridized carbons (Fsp3) is 0.0833. The quantitative estimate of drug-likeness (QED) is 0.360. The Balaban J connectivity index is 1.51. The molecule has 0 unspecified atom stereocenters. The molecule has 0 aliphatic heterocycles. The number of hydrogen-bond donors (Lipinski definition) is 1. The number of nitrogens with zero attached hydrogens (tertiary/aromatic N) is 2. The van der Waals surface area contributed by atoms with Gasteiger partial charge >= 0.3 is 0 Å². The van der Waals surface area contributed by atoms with Crippen LogP contribution in [-0.2, 0) is 11.4 Å². The molecule has 30 heavy (non-hydrogen) atoms. The van der Waals surface area contributed by atoms with E-state index in [4.69, 9.17) is 16.3 Å². The maximum atomic E-state index is 12.4. The van der Waals surface area contributed by atoms with E-state index < -0.39 is 0 Å². The number of benzene rings is 2. The molecule has 2 aromatic carbocycles. The van der Waals surface area contributed by atoms with Crippen LogP contribution in [-0.4, -0.2) is 22.3 Å². The number of amides is 1. The molecule has 6 heteroatoms. The molecule has 2 heterocycles. The lowest BCUT2D eigenvalue weighted by atomic mass is 10.0. The third-order valence-corrected chi connectivity index (χ3v) is 4.87. The predicted octanol–water partition coefficient (Wildman–Crippen LogP) is 4.85. The van der Waals surface area contributed by atoms with Gasteiger partial charge in [-0.25, -0.2) is 4.98 Å². The van der Waals surface area contributed by atoms with Crippen LogP contribution in [0.3, 0.4) is 0 Å². The van der Waals surface area contributed by atoms with Crippen LogP contribution in [0, 0.1) is 0 Å². The fourth-order valence-corrected chi connectivity index (χ4v) is 3.21. The summed E-state index contributed by atoms with van der Waals surface area (Å²) in [6.45, 7) is 0.365. The molecular weight excluding hydrogens is 398 g/mol. The van der Waals surface area contributed by atoms with E-state index in [1.165, 1.54) is 0 Å². The number of rotatable bonds is 6. The SMILES string of the molecule is CNC(=O)/C(=C/c1ccc(Cl)cc1)c1ccc(OCc2cn3ccccc3n2)cc1.